The van der Waals surface area contributed by atoms with Gasteiger partial charge in [-0.15, -0.1) is 0 Å². The maximum absolute atomic E-state index is 12.8. The van der Waals surface area contributed by atoms with E-state index in [4.69, 9.17) is 5.90 Å². The SMILES string of the molecule is NOCC1(c2cncc(F)c2)CC1. The van der Waals surface area contributed by atoms with Crippen LogP contribution in [0.2, 0.25) is 0 Å². The number of aromatic nitrogens is 1. The molecule has 1 heterocycles. The van der Waals surface area contributed by atoms with Gasteiger partial charge in [-0.1, -0.05) is 0 Å². The van der Waals surface area contributed by atoms with Gasteiger partial charge in [0, 0.05) is 11.6 Å². The van der Waals surface area contributed by atoms with Gasteiger partial charge in [-0.25, -0.2) is 10.3 Å². The molecule has 2 rings (SSSR count). The minimum atomic E-state index is -0.305. The van der Waals surface area contributed by atoms with E-state index in [0.717, 1.165) is 18.4 Å². The van der Waals surface area contributed by atoms with Crippen molar-refractivity contribution < 1.29 is 9.23 Å². The van der Waals surface area contributed by atoms with E-state index in [-0.39, 0.29) is 11.2 Å². The third-order valence-corrected chi connectivity index (χ3v) is 2.53. The Hall–Kier alpha value is -1.00. The van der Waals surface area contributed by atoms with Gasteiger partial charge in [0.05, 0.1) is 12.8 Å². The molecule has 0 aromatic carbocycles. The summed E-state index contributed by atoms with van der Waals surface area (Å²) in [5.74, 6) is 4.71. The second-order valence-corrected chi connectivity index (χ2v) is 3.48. The first-order chi connectivity index (χ1) is 6.27. The number of hydrogen-bond donors (Lipinski definition) is 1. The standard InChI is InChI=1S/C9H11FN2O/c10-8-3-7(4-12-5-8)9(1-2-9)6-13-11/h3-5H,1-2,6,11H2. The van der Waals surface area contributed by atoms with E-state index in [1.54, 1.807) is 6.20 Å². The highest BCUT2D eigenvalue weighted by Crippen LogP contribution is 2.47. The molecule has 1 aromatic heterocycles. The molecule has 1 aliphatic carbocycles. The highest BCUT2D eigenvalue weighted by molar-refractivity contribution is 5.29. The topological polar surface area (TPSA) is 48.1 Å². The van der Waals surface area contributed by atoms with Crippen LogP contribution in [0.4, 0.5) is 4.39 Å². The zero-order valence-corrected chi connectivity index (χ0v) is 7.16. The van der Waals surface area contributed by atoms with Crippen LogP contribution in [-0.4, -0.2) is 11.6 Å². The molecule has 4 heteroatoms. The quantitative estimate of drug-likeness (QED) is 0.713. The molecule has 0 atom stereocenters. The van der Waals surface area contributed by atoms with Gasteiger partial charge in [-0.3, -0.25) is 4.98 Å². The summed E-state index contributed by atoms with van der Waals surface area (Å²) in [6.07, 6.45) is 4.86. The first-order valence-electron chi connectivity index (χ1n) is 4.20. The van der Waals surface area contributed by atoms with Crippen LogP contribution in [0.15, 0.2) is 18.5 Å². The lowest BCUT2D eigenvalue weighted by Gasteiger charge is -2.12. The van der Waals surface area contributed by atoms with Crippen LogP contribution in [-0.2, 0) is 10.3 Å². The van der Waals surface area contributed by atoms with Crippen molar-refractivity contribution in [3.05, 3.63) is 29.8 Å². The maximum Gasteiger partial charge on any atom is 0.141 e. The average molecular weight is 182 g/mol. The molecule has 0 aliphatic heterocycles. The summed E-state index contributed by atoms with van der Waals surface area (Å²) in [5.41, 5.74) is 0.821. The van der Waals surface area contributed by atoms with E-state index in [1.165, 1.54) is 12.3 Å². The Morgan fingerprint density at radius 1 is 1.54 bits per heavy atom. The lowest BCUT2D eigenvalue weighted by molar-refractivity contribution is 0.116. The monoisotopic (exact) mass is 182 g/mol. The van der Waals surface area contributed by atoms with E-state index >= 15 is 0 Å². The summed E-state index contributed by atoms with van der Waals surface area (Å²) in [7, 11) is 0. The number of nitrogens with zero attached hydrogens (tertiary/aromatic N) is 1. The number of hydrogen-bond acceptors (Lipinski definition) is 3. The Morgan fingerprint density at radius 3 is 2.85 bits per heavy atom. The van der Waals surface area contributed by atoms with Gasteiger partial charge < -0.3 is 4.84 Å². The van der Waals surface area contributed by atoms with Crippen molar-refractivity contribution in [1.29, 1.82) is 0 Å². The van der Waals surface area contributed by atoms with Crippen LogP contribution in [0.1, 0.15) is 18.4 Å². The molecule has 0 bridgehead atoms. The average Bonchev–Trinajstić information content (AvgIpc) is 2.86. The van der Waals surface area contributed by atoms with E-state index in [9.17, 15) is 4.39 Å². The van der Waals surface area contributed by atoms with Crippen molar-refractivity contribution in [3.63, 3.8) is 0 Å². The van der Waals surface area contributed by atoms with Crippen LogP contribution in [0.25, 0.3) is 0 Å². The van der Waals surface area contributed by atoms with E-state index < -0.39 is 0 Å². The summed E-state index contributed by atoms with van der Waals surface area (Å²) in [4.78, 5) is 8.41. The van der Waals surface area contributed by atoms with Crippen LogP contribution in [0.3, 0.4) is 0 Å². The molecular formula is C9H11FN2O. The molecule has 3 nitrogen and oxygen atoms in total. The third kappa shape index (κ3) is 1.55. The minimum absolute atomic E-state index is 0.0656. The van der Waals surface area contributed by atoms with Gasteiger partial charge >= 0.3 is 0 Å². The fraction of sp³-hybridized carbons (Fsp3) is 0.444. The second-order valence-electron chi connectivity index (χ2n) is 3.48. The number of rotatable bonds is 3. The highest BCUT2D eigenvalue weighted by atomic mass is 19.1. The normalized spacial score (nSPS) is 18.6. The van der Waals surface area contributed by atoms with Crippen LogP contribution < -0.4 is 5.90 Å². The van der Waals surface area contributed by atoms with Crippen molar-refractivity contribution in [3.8, 4) is 0 Å². The van der Waals surface area contributed by atoms with E-state index in [0.29, 0.717) is 6.61 Å². The lowest BCUT2D eigenvalue weighted by atomic mass is 9.99. The summed E-state index contributed by atoms with van der Waals surface area (Å²) in [5, 5.41) is 0. The Kier molecular flexibility index (Phi) is 2.01. The van der Waals surface area contributed by atoms with Crippen LogP contribution >= 0.6 is 0 Å². The predicted molar refractivity (Wildman–Crippen MR) is 45.2 cm³/mol. The smallest absolute Gasteiger partial charge is 0.141 e. The van der Waals surface area contributed by atoms with Gasteiger partial charge in [0.25, 0.3) is 0 Å². The third-order valence-electron chi connectivity index (χ3n) is 2.53. The van der Waals surface area contributed by atoms with E-state index in [1.807, 2.05) is 0 Å². The molecule has 1 aliphatic rings. The van der Waals surface area contributed by atoms with Gasteiger partial charge in [-0.05, 0) is 24.5 Å². The first kappa shape index (κ1) is 8.59. The molecule has 1 aromatic rings. The summed E-state index contributed by atoms with van der Waals surface area (Å²) in [6.45, 7) is 0.443. The molecule has 0 radical (unpaired) electrons. The maximum atomic E-state index is 12.8. The minimum Gasteiger partial charge on any atom is -0.304 e. The fourth-order valence-corrected chi connectivity index (χ4v) is 1.53. The molecule has 0 spiro atoms. The van der Waals surface area contributed by atoms with Gasteiger partial charge in [-0.2, -0.15) is 0 Å². The Balaban J connectivity index is 2.25. The summed E-state index contributed by atoms with van der Waals surface area (Å²) in [6, 6.07) is 1.50. The summed E-state index contributed by atoms with van der Waals surface area (Å²) < 4.78 is 12.8. The Labute approximate surface area is 75.7 Å². The van der Waals surface area contributed by atoms with Gasteiger partial charge in [0.15, 0.2) is 0 Å². The molecule has 0 unspecified atom stereocenters. The second kappa shape index (κ2) is 3.05. The van der Waals surface area contributed by atoms with Gasteiger partial charge in [0.1, 0.15) is 5.82 Å². The number of nitrogens with two attached hydrogens (primary N) is 1. The molecule has 2 N–H and O–H groups in total. The van der Waals surface area contributed by atoms with Crippen molar-refractivity contribution in [2.24, 2.45) is 5.90 Å². The van der Waals surface area contributed by atoms with Crippen LogP contribution in [0.5, 0.6) is 0 Å². The zero-order chi connectivity index (χ0) is 9.31. The highest BCUT2D eigenvalue weighted by Gasteiger charge is 2.45. The molecule has 0 saturated heterocycles. The Bertz CT molecular complexity index is 312. The molecule has 0 amide bonds. The van der Waals surface area contributed by atoms with Crippen molar-refractivity contribution >= 4 is 0 Å². The lowest BCUT2D eigenvalue weighted by Crippen LogP contribution is -2.18. The molecule has 13 heavy (non-hydrogen) atoms. The molecule has 70 valence electrons. The van der Waals surface area contributed by atoms with Crippen molar-refractivity contribution in [2.45, 2.75) is 18.3 Å². The zero-order valence-electron chi connectivity index (χ0n) is 7.16. The summed E-state index contributed by atoms with van der Waals surface area (Å²) >= 11 is 0. The molecular weight excluding hydrogens is 171 g/mol. The number of halogens is 1. The van der Waals surface area contributed by atoms with Crippen molar-refractivity contribution in [1.82, 2.24) is 4.98 Å². The van der Waals surface area contributed by atoms with Crippen LogP contribution in [0, 0.1) is 5.82 Å². The predicted octanol–water partition coefficient (Wildman–Crippen LogP) is 1.14. The number of pyridine rings is 1. The Morgan fingerprint density at radius 2 is 2.31 bits per heavy atom. The fourth-order valence-electron chi connectivity index (χ4n) is 1.53. The largest absolute Gasteiger partial charge is 0.304 e. The first-order valence-corrected chi connectivity index (χ1v) is 4.20. The van der Waals surface area contributed by atoms with Crippen molar-refractivity contribution in [2.75, 3.05) is 6.61 Å². The molecule has 1 fully saturated rings. The molecule has 1 saturated carbocycles. The van der Waals surface area contributed by atoms with E-state index in [2.05, 4.69) is 9.82 Å². The van der Waals surface area contributed by atoms with Gasteiger partial charge in [0.2, 0.25) is 0 Å².